The van der Waals surface area contributed by atoms with Crippen LogP contribution in [-0.2, 0) is 4.79 Å². The zero-order valence-electron chi connectivity index (χ0n) is 15.0. The molecule has 132 valence electrons. The smallest absolute Gasteiger partial charge is 0.238 e. The van der Waals surface area contributed by atoms with Gasteiger partial charge >= 0.3 is 0 Å². The number of anilines is 2. The molecular weight excluding hydrogens is 298 g/mol. The van der Waals surface area contributed by atoms with Crippen molar-refractivity contribution in [1.82, 2.24) is 4.90 Å². The fourth-order valence-electron chi connectivity index (χ4n) is 3.92. The van der Waals surface area contributed by atoms with E-state index in [2.05, 4.69) is 34.2 Å². The van der Waals surface area contributed by atoms with E-state index < -0.39 is 0 Å². The van der Waals surface area contributed by atoms with Gasteiger partial charge in [-0.15, -0.1) is 0 Å². The first-order valence-electron chi connectivity index (χ1n) is 9.58. The summed E-state index contributed by atoms with van der Waals surface area (Å²) in [6.07, 6.45) is 7.76. The van der Waals surface area contributed by atoms with Crippen molar-refractivity contribution < 1.29 is 4.79 Å². The molecule has 1 aromatic rings. The number of carbonyl (C=O) groups excluding carboxylic acids is 1. The predicted octanol–water partition coefficient (Wildman–Crippen LogP) is 3.74. The number of benzene rings is 1. The van der Waals surface area contributed by atoms with Gasteiger partial charge in [0.15, 0.2) is 0 Å². The summed E-state index contributed by atoms with van der Waals surface area (Å²) in [5.74, 6) is 0.811. The second-order valence-electron chi connectivity index (χ2n) is 7.48. The standard InChI is InChI=1S/C20H31N3O/c1-17-7-6-12-22(15-17)16-20(24)21-18-8-10-19(11-9-18)23-13-4-2-3-5-14-23/h8-11,17H,2-7,12-16H2,1H3,(H,21,24)/t17-/m0/s1. The highest BCUT2D eigenvalue weighted by molar-refractivity contribution is 5.92. The number of nitrogens with one attached hydrogen (secondary N) is 1. The van der Waals surface area contributed by atoms with E-state index >= 15 is 0 Å². The van der Waals surface area contributed by atoms with Crippen LogP contribution in [0.4, 0.5) is 11.4 Å². The third kappa shape index (κ3) is 4.97. The van der Waals surface area contributed by atoms with Crippen LogP contribution in [-0.4, -0.2) is 43.5 Å². The monoisotopic (exact) mass is 329 g/mol. The van der Waals surface area contributed by atoms with Crippen LogP contribution in [0.3, 0.4) is 0 Å². The molecule has 1 atom stereocenters. The Morgan fingerprint density at radius 1 is 1.04 bits per heavy atom. The molecule has 24 heavy (non-hydrogen) atoms. The Bertz CT molecular complexity index is 520. The van der Waals surface area contributed by atoms with Gasteiger partial charge in [0.1, 0.15) is 0 Å². The molecule has 0 aliphatic carbocycles. The molecular formula is C20H31N3O. The third-order valence-electron chi connectivity index (χ3n) is 5.23. The number of amides is 1. The minimum atomic E-state index is 0.103. The lowest BCUT2D eigenvalue weighted by molar-refractivity contribution is -0.117. The highest BCUT2D eigenvalue weighted by atomic mass is 16.2. The summed E-state index contributed by atoms with van der Waals surface area (Å²) in [5, 5.41) is 3.05. The summed E-state index contributed by atoms with van der Waals surface area (Å²) < 4.78 is 0. The Morgan fingerprint density at radius 2 is 1.75 bits per heavy atom. The van der Waals surface area contributed by atoms with Crippen LogP contribution >= 0.6 is 0 Å². The first kappa shape index (κ1) is 17.3. The predicted molar refractivity (Wildman–Crippen MR) is 101 cm³/mol. The molecule has 0 saturated carbocycles. The second-order valence-corrected chi connectivity index (χ2v) is 7.48. The molecule has 2 aliphatic heterocycles. The summed E-state index contributed by atoms with van der Waals surface area (Å²) in [7, 11) is 0. The lowest BCUT2D eigenvalue weighted by atomic mass is 10.0. The van der Waals surface area contributed by atoms with Crippen molar-refractivity contribution in [3.63, 3.8) is 0 Å². The lowest BCUT2D eigenvalue weighted by Gasteiger charge is -2.30. The van der Waals surface area contributed by atoms with Gasteiger partial charge < -0.3 is 10.2 Å². The number of likely N-dealkylation sites (tertiary alicyclic amines) is 1. The third-order valence-corrected chi connectivity index (χ3v) is 5.23. The summed E-state index contributed by atoms with van der Waals surface area (Å²) in [6.45, 7) is 7.18. The van der Waals surface area contributed by atoms with Gasteiger partial charge in [-0.1, -0.05) is 19.8 Å². The molecule has 0 radical (unpaired) electrons. The summed E-state index contributed by atoms with van der Waals surface area (Å²) >= 11 is 0. The van der Waals surface area contributed by atoms with Crippen LogP contribution in [0.5, 0.6) is 0 Å². The van der Waals surface area contributed by atoms with E-state index in [1.54, 1.807) is 0 Å². The fourth-order valence-corrected chi connectivity index (χ4v) is 3.92. The van der Waals surface area contributed by atoms with E-state index in [1.807, 2.05) is 12.1 Å². The largest absolute Gasteiger partial charge is 0.372 e. The quantitative estimate of drug-likeness (QED) is 0.914. The first-order chi connectivity index (χ1) is 11.7. The van der Waals surface area contributed by atoms with Gasteiger partial charge in [-0.3, -0.25) is 9.69 Å². The normalized spacial score (nSPS) is 22.9. The second kappa shape index (κ2) is 8.52. The molecule has 2 heterocycles. The van der Waals surface area contributed by atoms with Crippen molar-refractivity contribution in [2.75, 3.05) is 42.9 Å². The van der Waals surface area contributed by atoms with E-state index in [-0.39, 0.29) is 5.91 Å². The summed E-state index contributed by atoms with van der Waals surface area (Å²) in [4.78, 5) is 17.0. The maximum Gasteiger partial charge on any atom is 0.238 e. The van der Waals surface area contributed by atoms with Crippen molar-refractivity contribution in [2.24, 2.45) is 5.92 Å². The zero-order valence-corrected chi connectivity index (χ0v) is 15.0. The van der Waals surface area contributed by atoms with Crippen LogP contribution in [0.1, 0.15) is 45.4 Å². The Balaban J connectivity index is 1.50. The topological polar surface area (TPSA) is 35.6 Å². The molecule has 4 nitrogen and oxygen atoms in total. The molecule has 2 saturated heterocycles. The maximum atomic E-state index is 12.3. The SMILES string of the molecule is C[C@H]1CCCN(CC(=O)Nc2ccc(N3CCCCCC3)cc2)C1. The van der Waals surface area contributed by atoms with Gasteiger partial charge in [0.2, 0.25) is 5.91 Å². The Hall–Kier alpha value is -1.55. The lowest BCUT2D eigenvalue weighted by Crippen LogP contribution is -2.39. The number of rotatable bonds is 4. The van der Waals surface area contributed by atoms with E-state index in [0.717, 1.165) is 31.9 Å². The van der Waals surface area contributed by atoms with Crippen LogP contribution in [0.25, 0.3) is 0 Å². The van der Waals surface area contributed by atoms with E-state index in [0.29, 0.717) is 12.5 Å². The van der Waals surface area contributed by atoms with Crippen molar-refractivity contribution in [3.05, 3.63) is 24.3 Å². The molecule has 2 aliphatic rings. The molecule has 4 heteroatoms. The van der Waals surface area contributed by atoms with E-state index in [4.69, 9.17) is 0 Å². The van der Waals surface area contributed by atoms with Crippen LogP contribution in [0, 0.1) is 5.92 Å². The molecule has 1 amide bonds. The minimum absolute atomic E-state index is 0.103. The molecule has 0 aromatic heterocycles. The van der Waals surface area contributed by atoms with Crippen molar-refractivity contribution in [1.29, 1.82) is 0 Å². The molecule has 1 N–H and O–H groups in total. The first-order valence-corrected chi connectivity index (χ1v) is 9.58. The molecule has 1 aromatic carbocycles. The number of hydrogen-bond acceptors (Lipinski definition) is 3. The summed E-state index contributed by atoms with van der Waals surface area (Å²) in [5.41, 5.74) is 2.18. The van der Waals surface area contributed by atoms with Crippen molar-refractivity contribution in [2.45, 2.75) is 45.4 Å². The van der Waals surface area contributed by atoms with E-state index in [9.17, 15) is 4.79 Å². The average molecular weight is 329 g/mol. The van der Waals surface area contributed by atoms with Gasteiger partial charge in [0, 0.05) is 31.0 Å². The Morgan fingerprint density at radius 3 is 2.42 bits per heavy atom. The molecule has 0 bridgehead atoms. The van der Waals surface area contributed by atoms with Crippen molar-refractivity contribution in [3.8, 4) is 0 Å². The van der Waals surface area contributed by atoms with Crippen LogP contribution in [0.15, 0.2) is 24.3 Å². The summed E-state index contributed by atoms with van der Waals surface area (Å²) in [6, 6.07) is 8.36. The zero-order chi connectivity index (χ0) is 16.8. The average Bonchev–Trinajstić information content (AvgIpc) is 2.85. The Labute approximate surface area is 146 Å². The van der Waals surface area contributed by atoms with Crippen molar-refractivity contribution >= 4 is 17.3 Å². The number of piperidine rings is 1. The highest BCUT2D eigenvalue weighted by Gasteiger charge is 2.18. The van der Waals surface area contributed by atoms with Gasteiger partial charge in [-0.2, -0.15) is 0 Å². The van der Waals surface area contributed by atoms with Crippen LogP contribution in [0.2, 0.25) is 0 Å². The van der Waals surface area contributed by atoms with E-state index in [1.165, 1.54) is 44.2 Å². The number of hydrogen-bond donors (Lipinski definition) is 1. The van der Waals surface area contributed by atoms with Gasteiger partial charge in [-0.05, 0) is 62.4 Å². The molecule has 3 rings (SSSR count). The van der Waals surface area contributed by atoms with Gasteiger partial charge in [0.25, 0.3) is 0 Å². The Kier molecular flexibility index (Phi) is 6.13. The molecule has 2 fully saturated rings. The fraction of sp³-hybridized carbons (Fsp3) is 0.650. The number of nitrogens with zero attached hydrogens (tertiary/aromatic N) is 2. The maximum absolute atomic E-state index is 12.3. The van der Waals surface area contributed by atoms with Gasteiger partial charge in [-0.25, -0.2) is 0 Å². The van der Waals surface area contributed by atoms with Crippen LogP contribution < -0.4 is 10.2 Å². The van der Waals surface area contributed by atoms with Gasteiger partial charge in [0.05, 0.1) is 6.54 Å². The minimum Gasteiger partial charge on any atom is -0.372 e. The molecule has 0 unspecified atom stereocenters. The highest BCUT2D eigenvalue weighted by Crippen LogP contribution is 2.22. The number of carbonyl (C=O) groups is 1. The molecule has 0 spiro atoms.